The van der Waals surface area contributed by atoms with E-state index in [9.17, 15) is 19.8 Å². The molecule has 0 aromatic rings. The SMILES string of the molecule is CCC1CC(C(=O)O)C(C(=O)NC2CC(O)C2(C)C)C1. The van der Waals surface area contributed by atoms with E-state index in [1.54, 1.807) is 0 Å². The number of hydrogen-bond acceptors (Lipinski definition) is 3. The van der Waals surface area contributed by atoms with Crippen LogP contribution in [0.3, 0.4) is 0 Å². The minimum Gasteiger partial charge on any atom is -0.481 e. The Morgan fingerprint density at radius 2 is 1.80 bits per heavy atom. The van der Waals surface area contributed by atoms with Crippen LogP contribution in [0.15, 0.2) is 0 Å². The third-order valence-corrected chi connectivity index (χ3v) is 5.42. The first-order valence-electron chi connectivity index (χ1n) is 7.48. The van der Waals surface area contributed by atoms with E-state index in [0.29, 0.717) is 25.2 Å². The molecule has 1 amide bonds. The fraction of sp³-hybridized carbons (Fsp3) is 0.867. The van der Waals surface area contributed by atoms with E-state index >= 15 is 0 Å². The molecule has 114 valence electrons. The molecule has 0 spiro atoms. The summed E-state index contributed by atoms with van der Waals surface area (Å²) >= 11 is 0. The largest absolute Gasteiger partial charge is 0.481 e. The Morgan fingerprint density at radius 1 is 1.20 bits per heavy atom. The van der Waals surface area contributed by atoms with Crippen LogP contribution in [0, 0.1) is 23.2 Å². The number of amides is 1. The summed E-state index contributed by atoms with van der Waals surface area (Å²) < 4.78 is 0. The Kier molecular flexibility index (Phi) is 4.09. The smallest absolute Gasteiger partial charge is 0.307 e. The van der Waals surface area contributed by atoms with Crippen molar-refractivity contribution in [3.63, 3.8) is 0 Å². The molecule has 0 aromatic carbocycles. The Balaban J connectivity index is 1.99. The van der Waals surface area contributed by atoms with Gasteiger partial charge in [-0.3, -0.25) is 9.59 Å². The number of hydrogen-bond donors (Lipinski definition) is 3. The van der Waals surface area contributed by atoms with Gasteiger partial charge in [0, 0.05) is 11.5 Å². The van der Waals surface area contributed by atoms with E-state index in [-0.39, 0.29) is 17.4 Å². The topological polar surface area (TPSA) is 86.6 Å². The molecule has 2 aliphatic rings. The molecule has 0 bridgehead atoms. The van der Waals surface area contributed by atoms with Gasteiger partial charge in [-0.2, -0.15) is 0 Å². The quantitative estimate of drug-likeness (QED) is 0.728. The predicted molar refractivity (Wildman–Crippen MR) is 74.0 cm³/mol. The molecule has 5 unspecified atom stereocenters. The molecule has 0 saturated heterocycles. The summed E-state index contributed by atoms with van der Waals surface area (Å²) in [5.41, 5.74) is -0.322. The van der Waals surface area contributed by atoms with Gasteiger partial charge in [0.2, 0.25) is 5.91 Å². The number of carbonyl (C=O) groups is 2. The minimum atomic E-state index is -0.867. The second-order valence-electron chi connectivity index (χ2n) is 6.93. The summed E-state index contributed by atoms with van der Waals surface area (Å²) in [5, 5.41) is 21.9. The number of rotatable bonds is 4. The van der Waals surface area contributed by atoms with E-state index in [4.69, 9.17) is 0 Å². The number of nitrogens with one attached hydrogen (secondary N) is 1. The van der Waals surface area contributed by atoms with E-state index in [1.807, 2.05) is 20.8 Å². The van der Waals surface area contributed by atoms with Crippen LogP contribution in [-0.2, 0) is 9.59 Å². The lowest BCUT2D eigenvalue weighted by Crippen LogP contribution is -2.62. The molecule has 2 rings (SSSR count). The van der Waals surface area contributed by atoms with Gasteiger partial charge in [0.1, 0.15) is 0 Å². The molecule has 3 N–H and O–H groups in total. The van der Waals surface area contributed by atoms with Crippen molar-refractivity contribution < 1.29 is 19.8 Å². The molecule has 0 heterocycles. The lowest BCUT2D eigenvalue weighted by molar-refractivity contribution is -0.147. The van der Waals surface area contributed by atoms with Crippen LogP contribution in [0.5, 0.6) is 0 Å². The summed E-state index contributed by atoms with van der Waals surface area (Å²) in [6, 6.07) is -0.0554. The molecule has 0 radical (unpaired) electrons. The number of carbonyl (C=O) groups excluding carboxylic acids is 1. The Morgan fingerprint density at radius 3 is 2.25 bits per heavy atom. The summed E-state index contributed by atoms with van der Waals surface area (Å²) in [6.45, 7) is 5.88. The molecular formula is C15H25NO4. The van der Waals surface area contributed by atoms with E-state index < -0.39 is 23.9 Å². The Bertz CT molecular complexity index is 407. The number of aliphatic carboxylic acids is 1. The fourth-order valence-corrected chi connectivity index (χ4v) is 3.47. The van der Waals surface area contributed by atoms with Crippen molar-refractivity contribution >= 4 is 11.9 Å². The predicted octanol–water partition coefficient (Wildman–Crippen LogP) is 1.40. The highest BCUT2D eigenvalue weighted by Gasteiger charge is 2.50. The molecule has 2 saturated carbocycles. The first-order valence-corrected chi connectivity index (χ1v) is 7.48. The van der Waals surface area contributed by atoms with Crippen LogP contribution in [0.4, 0.5) is 0 Å². The van der Waals surface area contributed by atoms with Gasteiger partial charge < -0.3 is 15.5 Å². The van der Waals surface area contributed by atoms with Gasteiger partial charge in [-0.15, -0.1) is 0 Å². The monoisotopic (exact) mass is 283 g/mol. The van der Waals surface area contributed by atoms with E-state index in [2.05, 4.69) is 5.32 Å². The van der Waals surface area contributed by atoms with E-state index in [0.717, 1.165) is 6.42 Å². The number of carboxylic acid groups (broad SMARTS) is 1. The Labute approximate surface area is 119 Å². The minimum absolute atomic E-state index is 0.0554. The zero-order valence-electron chi connectivity index (χ0n) is 12.4. The third-order valence-electron chi connectivity index (χ3n) is 5.42. The summed E-state index contributed by atoms with van der Waals surface area (Å²) in [7, 11) is 0. The molecule has 5 atom stereocenters. The van der Waals surface area contributed by atoms with E-state index in [1.165, 1.54) is 0 Å². The maximum atomic E-state index is 12.4. The Hall–Kier alpha value is -1.10. The van der Waals surface area contributed by atoms with Crippen molar-refractivity contribution in [1.29, 1.82) is 0 Å². The van der Waals surface area contributed by atoms with Gasteiger partial charge >= 0.3 is 5.97 Å². The van der Waals surface area contributed by atoms with Crippen molar-refractivity contribution in [2.75, 3.05) is 0 Å². The summed E-state index contributed by atoms with van der Waals surface area (Å²) in [4.78, 5) is 23.7. The van der Waals surface area contributed by atoms with Gasteiger partial charge in [-0.1, -0.05) is 27.2 Å². The number of carboxylic acids is 1. The normalized spacial score (nSPS) is 39.1. The molecule has 0 aliphatic heterocycles. The molecule has 5 nitrogen and oxygen atoms in total. The lowest BCUT2D eigenvalue weighted by Gasteiger charge is -2.49. The number of aliphatic hydroxyl groups excluding tert-OH is 1. The van der Waals surface area contributed by atoms with Crippen molar-refractivity contribution in [3.05, 3.63) is 0 Å². The maximum absolute atomic E-state index is 12.4. The third kappa shape index (κ3) is 2.55. The maximum Gasteiger partial charge on any atom is 0.307 e. The average molecular weight is 283 g/mol. The molecule has 2 aliphatic carbocycles. The molecule has 2 fully saturated rings. The van der Waals surface area contributed by atoms with Crippen molar-refractivity contribution in [2.45, 2.75) is 58.6 Å². The van der Waals surface area contributed by atoms with Crippen LogP contribution < -0.4 is 5.32 Å². The van der Waals surface area contributed by atoms with Crippen LogP contribution in [0.25, 0.3) is 0 Å². The lowest BCUT2D eigenvalue weighted by atomic mass is 9.64. The van der Waals surface area contributed by atoms with Gasteiger partial charge in [-0.05, 0) is 25.2 Å². The van der Waals surface area contributed by atoms with Gasteiger partial charge in [0.05, 0.1) is 17.9 Å². The highest BCUT2D eigenvalue weighted by molar-refractivity contribution is 5.85. The zero-order chi connectivity index (χ0) is 15.1. The second kappa shape index (κ2) is 5.35. The summed E-state index contributed by atoms with van der Waals surface area (Å²) in [6.07, 6.45) is 2.34. The fourth-order valence-electron chi connectivity index (χ4n) is 3.47. The van der Waals surface area contributed by atoms with Crippen molar-refractivity contribution in [1.82, 2.24) is 5.32 Å². The van der Waals surface area contributed by atoms with Crippen molar-refractivity contribution in [2.24, 2.45) is 23.2 Å². The first-order chi connectivity index (χ1) is 9.27. The van der Waals surface area contributed by atoms with Gasteiger partial charge in [0.15, 0.2) is 0 Å². The average Bonchev–Trinajstić information content (AvgIpc) is 2.82. The van der Waals surface area contributed by atoms with Crippen LogP contribution in [0.1, 0.15) is 46.5 Å². The highest BCUT2D eigenvalue weighted by Crippen LogP contribution is 2.42. The van der Waals surface area contributed by atoms with Crippen molar-refractivity contribution in [3.8, 4) is 0 Å². The van der Waals surface area contributed by atoms with Crippen LogP contribution in [0.2, 0.25) is 0 Å². The van der Waals surface area contributed by atoms with Gasteiger partial charge in [0.25, 0.3) is 0 Å². The molecule has 0 aromatic heterocycles. The van der Waals surface area contributed by atoms with Gasteiger partial charge in [-0.25, -0.2) is 0 Å². The molecule has 20 heavy (non-hydrogen) atoms. The van der Waals surface area contributed by atoms with Crippen LogP contribution >= 0.6 is 0 Å². The first kappa shape index (κ1) is 15.3. The molecule has 5 heteroatoms. The zero-order valence-corrected chi connectivity index (χ0v) is 12.4. The molecular weight excluding hydrogens is 258 g/mol. The highest BCUT2D eigenvalue weighted by atomic mass is 16.4. The second-order valence-corrected chi connectivity index (χ2v) is 6.93. The summed E-state index contributed by atoms with van der Waals surface area (Å²) in [5.74, 6) is -1.68. The van der Waals surface area contributed by atoms with Crippen LogP contribution in [-0.4, -0.2) is 34.2 Å². The number of aliphatic hydroxyl groups is 1. The standard InChI is InChI=1S/C15H25NO4/c1-4-8-5-9(10(6-8)14(19)20)13(18)16-11-7-12(17)15(11,2)3/h8-12,17H,4-7H2,1-3H3,(H,16,18)(H,19,20).